The first-order valence-corrected chi connectivity index (χ1v) is 7.78. The first-order valence-electron chi connectivity index (χ1n) is 7.40. The fraction of sp³-hybridized carbons (Fsp3) is 0.625. The third-order valence-electron chi connectivity index (χ3n) is 3.82. The third-order valence-corrected chi connectivity index (χ3v) is 4.24. The molecule has 3 nitrogen and oxygen atoms in total. The summed E-state index contributed by atoms with van der Waals surface area (Å²) in [4.78, 5) is 0. The molecule has 0 aliphatic carbocycles. The van der Waals surface area contributed by atoms with Crippen LogP contribution in [0.5, 0.6) is 0 Å². The van der Waals surface area contributed by atoms with E-state index in [4.69, 9.17) is 16.3 Å². The van der Waals surface area contributed by atoms with E-state index in [9.17, 15) is 9.50 Å². The van der Waals surface area contributed by atoms with E-state index in [0.717, 1.165) is 6.54 Å². The maximum atomic E-state index is 13.6. The van der Waals surface area contributed by atoms with Crippen LogP contribution in [0.3, 0.4) is 0 Å². The number of nitrogens with one attached hydrogen (secondary N) is 1. The minimum Gasteiger partial charge on any atom is -0.387 e. The number of hydrogen-bond acceptors (Lipinski definition) is 3. The normalized spacial score (nSPS) is 22.3. The van der Waals surface area contributed by atoms with Crippen LogP contribution in [0.2, 0.25) is 5.02 Å². The SMILES string of the molecule is CC(C)CC(O)(Cc1cccc(F)c1Cl)C1CNCCO1. The van der Waals surface area contributed by atoms with E-state index in [1.54, 1.807) is 12.1 Å². The molecule has 1 saturated heterocycles. The summed E-state index contributed by atoms with van der Waals surface area (Å²) in [5, 5.41) is 14.4. The van der Waals surface area contributed by atoms with Crippen molar-refractivity contribution >= 4 is 11.6 Å². The van der Waals surface area contributed by atoms with Gasteiger partial charge in [0.05, 0.1) is 23.3 Å². The summed E-state index contributed by atoms with van der Waals surface area (Å²) in [6.45, 7) is 6.05. The van der Waals surface area contributed by atoms with Gasteiger partial charge in [0.2, 0.25) is 0 Å². The molecule has 2 rings (SSSR count). The highest BCUT2D eigenvalue weighted by Gasteiger charge is 2.39. The van der Waals surface area contributed by atoms with Crippen LogP contribution in [0.25, 0.3) is 0 Å². The summed E-state index contributed by atoms with van der Waals surface area (Å²) in [6, 6.07) is 4.70. The van der Waals surface area contributed by atoms with Crippen LogP contribution in [-0.2, 0) is 11.2 Å². The fourth-order valence-electron chi connectivity index (χ4n) is 2.95. The van der Waals surface area contributed by atoms with E-state index in [2.05, 4.69) is 19.2 Å². The molecule has 0 radical (unpaired) electrons. The Morgan fingerprint density at radius 1 is 1.52 bits per heavy atom. The quantitative estimate of drug-likeness (QED) is 0.878. The van der Waals surface area contributed by atoms with Gasteiger partial charge in [0.15, 0.2) is 0 Å². The van der Waals surface area contributed by atoms with Crippen molar-refractivity contribution in [1.29, 1.82) is 0 Å². The first kappa shape index (κ1) is 16.7. The number of ether oxygens (including phenoxy) is 1. The largest absolute Gasteiger partial charge is 0.387 e. The minimum atomic E-state index is -1.06. The molecule has 2 N–H and O–H groups in total. The zero-order chi connectivity index (χ0) is 15.5. The van der Waals surface area contributed by atoms with Gasteiger partial charge in [0.1, 0.15) is 5.82 Å². The van der Waals surface area contributed by atoms with Crippen LogP contribution in [0.4, 0.5) is 4.39 Å². The Morgan fingerprint density at radius 3 is 2.90 bits per heavy atom. The lowest BCUT2D eigenvalue weighted by Crippen LogP contribution is -2.55. The number of morpholine rings is 1. The Labute approximate surface area is 130 Å². The lowest BCUT2D eigenvalue weighted by molar-refractivity contribution is -0.127. The summed E-state index contributed by atoms with van der Waals surface area (Å²) in [6.07, 6.45) is 0.549. The topological polar surface area (TPSA) is 41.5 Å². The fourth-order valence-corrected chi connectivity index (χ4v) is 3.14. The van der Waals surface area contributed by atoms with Crippen molar-refractivity contribution in [3.8, 4) is 0 Å². The molecule has 1 aromatic rings. The Kier molecular flexibility index (Phi) is 5.60. The highest BCUT2D eigenvalue weighted by atomic mass is 35.5. The lowest BCUT2D eigenvalue weighted by Gasteiger charge is -2.40. The smallest absolute Gasteiger partial charge is 0.142 e. The van der Waals surface area contributed by atoms with Gasteiger partial charge in [-0.15, -0.1) is 0 Å². The van der Waals surface area contributed by atoms with Crippen LogP contribution < -0.4 is 5.32 Å². The van der Waals surface area contributed by atoms with E-state index < -0.39 is 11.4 Å². The van der Waals surface area contributed by atoms with Gasteiger partial charge in [-0.2, -0.15) is 0 Å². The predicted molar refractivity (Wildman–Crippen MR) is 82.1 cm³/mol. The molecule has 0 amide bonds. The molecular weight excluding hydrogens is 293 g/mol. The summed E-state index contributed by atoms with van der Waals surface area (Å²) in [5.74, 6) is -0.156. The Bertz CT molecular complexity index is 477. The monoisotopic (exact) mass is 315 g/mol. The minimum absolute atomic E-state index is 0.0865. The second kappa shape index (κ2) is 7.05. The third kappa shape index (κ3) is 4.16. The van der Waals surface area contributed by atoms with E-state index in [1.165, 1.54) is 6.07 Å². The molecule has 2 unspecified atom stereocenters. The molecule has 0 bridgehead atoms. The second-order valence-electron chi connectivity index (χ2n) is 6.15. The Morgan fingerprint density at radius 2 is 2.29 bits per heavy atom. The Balaban J connectivity index is 2.24. The van der Waals surface area contributed by atoms with Crippen LogP contribution in [0, 0.1) is 11.7 Å². The standard InChI is InChI=1S/C16H23ClFNO2/c1-11(2)8-16(20,14-10-19-6-7-21-14)9-12-4-3-5-13(18)15(12)17/h3-5,11,14,19-20H,6-10H2,1-2H3. The second-order valence-corrected chi connectivity index (χ2v) is 6.53. The van der Waals surface area contributed by atoms with E-state index in [1.807, 2.05) is 0 Å². The summed E-state index contributed by atoms with van der Waals surface area (Å²) in [7, 11) is 0. The van der Waals surface area contributed by atoms with Gasteiger partial charge in [-0.1, -0.05) is 37.6 Å². The van der Waals surface area contributed by atoms with Gasteiger partial charge in [-0.05, 0) is 24.0 Å². The van der Waals surface area contributed by atoms with Gasteiger partial charge < -0.3 is 15.2 Å². The van der Waals surface area contributed by atoms with Gasteiger partial charge in [-0.3, -0.25) is 0 Å². The number of rotatable bonds is 5. The van der Waals surface area contributed by atoms with Gasteiger partial charge in [0, 0.05) is 19.5 Å². The molecule has 2 atom stereocenters. The van der Waals surface area contributed by atoms with Crippen LogP contribution in [0.1, 0.15) is 25.8 Å². The average Bonchev–Trinajstić information content (AvgIpc) is 2.44. The van der Waals surface area contributed by atoms with Crippen molar-refractivity contribution < 1.29 is 14.2 Å². The maximum absolute atomic E-state index is 13.6. The molecule has 0 aromatic heterocycles. The summed E-state index contributed by atoms with van der Waals surface area (Å²) < 4.78 is 19.3. The van der Waals surface area contributed by atoms with Crippen LogP contribution in [0.15, 0.2) is 18.2 Å². The number of halogens is 2. The van der Waals surface area contributed by atoms with Crippen LogP contribution >= 0.6 is 11.6 Å². The maximum Gasteiger partial charge on any atom is 0.142 e. The van der Waals surface area contributed by atoms with Crippen molar-refractivity contribution in [2.75, 3.05) is 19.7 Å². The number of aliphatic hydroxyl groups is 1. The molecular formula is C16H23ClFNO2. The first-order chi connectivity index (χ1) is 9.92. The van der Waals surface area contributed by atoms with E-state index >= 15 is 0 Å². The van der Waals surface area contributed by atoms with Crippen molar-refractivity contribution in [1.82, 2.24) is 5.32 Å². The highest BCUT2D eigenvalue weighted by Crippen LogP contribution is 2.31. The zero-order valence-corrected chi connectivity index (χ0v) is 13.3. The van der Waals surface area contributed by atoms with Gasteiger partial charge in [-0.25, -0.2) is 4.39 Å². The average molecular weight is 316 g/mol. The molecule has 1 aliphatic heterocycles. The summed E-state index contributed by atoms with van der Waals surface area (Å²) in [5.41, 5.74) is -0.437. The van der Waals surface area contributed by atoms with Crippen molar-refractivity contribution in [2.24, 2.45) is 5.92 Å². The van der Waals surface area contributed by atoms with Crippen LogP contribution in [-0.4, -0.2) is 36.5 Å². The number of hydrogen-bond donors (Lipinski definition) is 2. The lowest BCUT2D eigenvalue weighted by atomic mass is 9.81. The molecule has 1 aliphatic rings. The van der Waals surface area contributed by atoms with Gasteiger partial charge >= 0.3 is 0 Å². The predicted octanol–water partition coefficient (Wildman–Crippen LogP) is 2.79. The molecule has 21 heavy (non-hydrogen) atoms. The van der Waals surface area contributed by atoms with Gasteiger partial charge in [0.25, 0.3) is 0 Å². The molecule has 1 heterocycles. The van der Waals surface area contributed by atoms with E-state index in [0.29, 0.717) is 31.1 Å². The summed E-state index contributed by atoms with van der Waals surface area (Å²) >= 11 is 6.03. The highest BCUT2D eigenvalue weighted by molar-refractivity contribution is 6.31. The van der Waals surface area contributed by atoms with E-state index in [-0.39, 0.29) is 17.5 Å². The van der Waals surface area contributed by atoms with Crippen molar-refractivity contribution in [3.63, 3.8) is 0 Å². The molecule has 0 spiro atoms. The molecule has 1 aromatic carbocycles. The van der Waals surface area contributed by atoms with Crippen molar-refractivity contribution in [3.05, 3.63) is 34.6 Å². The zero-order valence-electron chi connectivity index (χ0n) is 12.5. The molecule has 118 valence electrons. The molecule has 5 heteroatoms. The number of benzene rings is 1. The molecule has 1 fully saturated rings. The van der Waals surface area contributed by atoms with Crippen molar-refractivity contribution in [2.45, 2.75) is 38.4 Å². The Hall–Kier alpha value is -0.680. The molecule has 0 saturated carbocycles.